The summed E-state index contributed by atoms with van der Waals surface area (Å²) in [4.78, 5) is 17.7. The van der Waals surface area contributed by atoms with Gasteiger partial charge in [0.05, 0.1) is 12.5 Å². The van der Waals surface area contributed by atoms with E-state index in [4.69, 9.17) is 0 Å². The van der Waals surface area contributed by atoms with Crippen LogP contribution in [-0.4, -0.2) is 112 Å². The number of piperidine rings is 3. The molecule has 3 heterocycles. The van der Waals surface area contributed by atoms with Crippen LogP contribution in [0.1, 0.15) is 62.8 Å². The summed E-state index contributed by atoms with van der Waals surface area (Å²) in [7, 11) is -6.48. The van der Waals surface area contributed by atoms with Gasteiger partial charge in [0.15, 0.2) is 0 Å². The van der Waals surface area contributed by atoms with Crippen molar-refractivity contribution in [3.05, 3.63) is 48.1 Å². The van der Waals surface area contributed by atoms with Gasteiger partial charge in [0.2, 0.25) is 26.0 Å². The average molecular weight is 659 g/mol. The van der Waals surface area contributed by atoms with Crippen LogP contribution in [0.4, 0.5) is 8.78 Å². The lowest BCUT2D eigenvalue weighted by Gasteiger charge is -2.40. The smallest absolute Gasteiger partial charge is 0.223 e. The fourth-order valence-corrected chi connectivity index (χ4v) is 9.00. The fraction of sp³-hybridized carbons (Fsp3) is 0.710. The van der Waals surface area contributed by atoms with Gasteiger partial charge in [0.1, 0.15) is 11.6 Å². The van der Waals surface area contributed by atoms with Gasteiger partial charge in [0.25, 0.3) is 0 Å². The first kappa shape index (κ1) is 34.9. The van der Waals surface area contributed by atoms with Crippen LogP contribution in [0, 0.1) is 23.5 Å². The second-order valence-corrected chi connectivity index (χ2v) is 16.8. The summed E-state index contributed by atoms with van der Waals surface area (Å²) >= 11 is 0. The molecule has 0 N–H and O–H groups in total. The van der Waals surface area contributed by atoms with Crippen molar-refractivity contribution < 1.29 is 30.4 Å². The molecule has 248 valence electrons. The third-order valence-corrected chi connectivity index (χ3v) is 12.4. The van der Waals surface area contributed by atoms with Crippen molar-refractivity contribution in [3.63, 3.8) is 0 Å². The van der Waals surface area contributed by atoms with Gasteiger partial charge in [-0.3, -0.25) is 4.79 Å². The van der Waals surface area contributed by atoms with E-state index in [0.29, 0.717) is 76.8 Å². The van der Waals surface area contributed by atoms with E-state index in [1.165, 1.54) is 33.3 Å². The number of nitrogens with zero attached hydrogens (tertiary/aromatic N) is 4. The van der Waals surface area contributed by atoms with E-state index in [1.807, 2.05) is 4.90 Å². The molecule has 1 atom stereocenters. The van der Waals surface area contributed by atoms with Crippen molar-refractivity contribution in [3.8, 4) is 0 Å². The van der Waals surface area contributed by atoms with Crippen LogP contribution < -0.4 is 0 Å². The highest BCUT2D eigenvalue weighted by Gasteiger charge is 2.34. The maximum Gasteiger partial charge on any atom is 0.223 e. The van der Waals surface area contributed by atoms with Gasteiger partial charge >= 0.3 is 0 Å². The van der Waals surface area contributed by atoms with Crippen molar-refractivity contribution >= 4 is 26.0 Å². The molecule has 0 aromatic heterocycles. The SMILES string of the molecule is C=CCN(C(=O)CC1CCN(S(C)(=O)=O)CC1)C1CCN(CC[C@@H](c2cc(F)cc(F)c2)C2CCN(S(C)(=O)=O)CC2)CC1. The van der Waals surface area contributed by atoms with Gasteiger partial charge in [0, 0.05) is 64.3 Å². The molecule has 0 saturated carbocycles. The Balaban J connectivity index is 1.32. The number of halogens is 2. The number of hydrogen-bond donors (Lipinski definition) is 0. The number of benzene rings is 1. The van der Waals surface area contributed by atoms with Gasteiger partial charge in [-0.05, 0) is 86.9 Å². The summed E-state index contributed by atoms with van der Waals surface area (Å²) in [6.07, 6.45) is 9.60. The number of sulfonamides is 2. The Morgan fingerprint density at radius 2 is 1.41 bits per heavy atom. The number of carbonyl (C=O) groups is 1. The molecule has 0 aliphatic carbocycles. The van der Waals surface area contributed by atoms with Crippen LogP contribution in [0.15, 0.2) is 30.9 Å². The van der Waals surface area contributed by atoms with Crippen molar-refractivity contribution in [2.75, 3.05) is 64.9 Å². The molecular weight excluding hydrogens is 610 g/mol. The Morgan fingerprint density at radius 1 is 0.886 bits per heavy atom. The van der Waals surface area contributed by atoms with Crippen LogP contribution in [0.25, 0.3) is 0 Å². The van der Waals surface area contributed by atoms with E-state index in [-0.39, 0.29) is 29.7 Å². The Morgan fingerprint density at radius 3 is 1.91 bits per heavy atom. The molecule has 1 aromatic carbocycles. The first-order valence-electron chi connectivity index (χ1n) is 15.7. The standard InChI is InChI=1S/C31H48F2N4O5S2/c1-4-12-37(31(38)20-24-5-16-35(17-6-24)43(2,39)40)29-9-13-34(14-10-29)15-11-30(26-21-27(32)23-28(33)22-26)25-7-18-36(19-8-25)44(3,41)42/h4,21-25,29-30H,1,5-20H2,2-3H3/t30-/m1/s1. The van der Waals surface area contributed by atoms with Crippen molar-refractivity contribution in [1.82, 2.24) is 18.4 Å². The number of amides is 1. The molecule has 0 unspecified atom stereocenters. The molecule has 1 amide bonds. The van der Waals surface area contributed by atoms with E-state index in [1.54, 1.807) is 6.08 Å². The molecule has 44 heavy (non-hydrogen) atoms. The molecule has 9 nitrogen and oxygen atoms in total. The Kier molecular flexibility index (Phi) is 12.0. The van der Waals surface area contributed by atoms with Crippen LogP contribution in [0.3, 0.4) is 0 Å². The predicted octanol–water partition coefficient (Wildman–Crippen LogP) is 3.65. The Hall–Kier alpha value is -1.93. The van der Waals surface area contributed by atoms with E-state index in [9.17, 15) is 30.4 Å². The predicted molar refractivity (Wildman–Crippen MR) is 168 cm³/mol. The Labute approximate surface area is 262 Å². The van der Waals surface area contributed by atoms with Crippen molar-refractivity contribution in [2.45, 2.75) is 63.3 Å². The highest BCUT2D eigenvalue weighted by molar-refractivity contribution is 7.88. The lowest BCUT2D eigenvalue weighted by molar-refractivity contribution is -0.135. The topological polar surface area (TPSA) is 98.3 Å². The quantitative estimate of drug-likeness (QED) is 0.318. The molecule has 1 aromatic rings. The van der Waals surface area contributed by atoms with E-state index < -0.39 is 31.7 Å². The summed E-state index contributed by atoms with van der Waals surface area (Å²) in [5.41, 5.74) is 0.625. The first-order valence-corrected chi connectivity index (χ1v) is 19.4. The zero-order valence-electron chi connectivity index (χ0n) is 26.0. The van der Waals surface area contributed by atoms with E-state index in [2.05, 4.69) is 11.5 Å². The van der Waals surface area contributed by atoms with Crippen molar-refractivity contribution in [2.24, 2.45) is 11.8 Å². The second kappa shape index (κ2) is 15.1. The minimum absolute atomic E-state index is 0.0902. The highest BCUT2D eigenvalue weighted by atomic mass is 32.2. The second-order valence-electron chi connectivity index (χ2n) is 12.8. The monoisotopic (exact) mass is 658 g/mol. The molecule has 3 saturated heterocycles. The molecule has 0 radical (unpaired) electrons. The number of likely N-dealkylation sites (tertiary alicyclic amines) is 1. The summed E-state index contributed by atoms with van der Waals surface area (Å²) in [6, 6.07) is 3.80. The first-order chi connectivity index (χ1) is 20.7. The Bertz CT molecular complexity index is 1330. The normalized spacial score (nSPS) is 21.7. The zero-order chi connectivity index (χ0) is 32.1. The fourth-order valence-electron chi connectivity index (χ4n) is 7.25. The van der Waals surface area contributed by atoms with Crippen LogP contribution in [0.5, 0.6) is 0 Å². The molecule has 0 spiro atoms. The summed E-state index contributed by atoms with van der Waals surface area (Å²) < 4.78 is 79.1. The number of hydrogen-bond acceptors (Lipinski definition) is 6. The molecule has 4 rings (SSSR count). The van der Waals surface area contributed by atoms with Gasteiger partial charge in [-0.25, -0.2) is 34.2 Å². The average Bonchev–Trinajstić information content (AvgIpc) is 2.95. The molecule has 0 bridgehead atoms. The molecule has 3 aliphatic rings. The zero-order valence-corrected chi connectivity index (χ0v) is 27.7. The highest BCUT2D eigenvalue weighted by Crippen LogP contribution is 2.37. The van der Waals surface area contributed by atoms with Gasteiger partial charge in [-0.1, -0.05) is 6.08 Å². The van der Waals surface area contributed by atoms with Gasteiger partial charge in [-0.15, -0.1) is 6.58 Å². The number of rotatable bonds is 12. The molecule has 3 fully saturated rings. The van der Waals surface area contributed by atoms with Crippen LogP contribution in [-0.2, 0) is 24.8 Å². The largest absolute Gasteiger partial charge is 0.336 e. The van der Waals surface area contributed by atoms with E-state index >= 15 is 0 Å². The molecular formula is C31H48F2N4O5S2. The van der Waals surface area contributed by atoms with Gasteiger partial charge in [-0.2, -0.15) is 0 Å². The van der Waals surface area contributed by atoms with Gasteiger partial charge < -0.3 is 9.80 Å². The maximum absolute atomic E-state index is 14.2. The summed E-state index contributed by atoms with van der Waals surface area (Å²) in [5.74, 6) is -0.916. The maximum atomic E-state index is 14.2. The summed E-state index contributed by atoms with van der Waals surface area (Å²) in [6.45, 7) is 8.42. The lowest BCUT2D eigenvalue weighted by atomic mass is 9.78. The lowest BCUT2D eigenvalue weighted by Crippen LogP contribution is -2.48. The molecule has 13 heteroatoms. The minimum Gasteiger partial charge on any atom is -0.336 e. The van der Waals surface area contributed by atoms with E-state index in [0.717, 1.165) is 38.5 Å². The third-order valence-electron chi connectivity index (χ3n) is 9.76. The van der Waals surface area contributed by atoms with Crippen LogP contribution >= 0.6 is 0 Å². The minimum atomic E-state index is -3.27. The van der Waals surface area contributed by atoms with Crippen LogP contribution in [0.2, 0.25) is 0 Å². The molecule has 3 aliphatic heterocycles. The number of carbonyl (C=O) groups excluding carboxylic acids is 1. The summed E-state index contributed by atoms with van der Waals surface area (Å²) in [5, 5.41) is 0. The third kappa shape index (κ3) is 9.54. The van der Waals surface area contributed by atoms with Crippen molar-refractivity contribution in [1.29, 1.82) is 0 Å².